The van der Waals surface area contributed by atoms with Gasteiger partial charge in [0.25, 0.3) is 0 Å². The van der Waals surface area contributed by atoms with Crippen LogP contribution in [0.5, 0.6) is 11.5 Å². The minimum absolute atomic E-state index is 0.166. The SMILES string of the molecule is COc1cccc(CNc2ccc(C)cn2)c1O. The minimum atomic E-state index is 0.166. The van der Waals surface area contributed by atoms with Crippen molar-refractivity contribution in [3.63, 3.8) is 0 Å². The summed E-state index contributed by atoms with van der Waals surface area (Å²) in [7, 11) is 1.54. The lowest BCUT2D eigenvalue weighted by atomic mass is 10.2. The maximum Gasteiger partial charge on any atom is 0.162 e. The van der Waals surface area contributed by atoms with E-state index in [2.05, 4.69) is 10.3 Å². The van der Waals surface area contributed by atoms with E-state index < -0.39 is 0 Å². The summed E-state index contributed by atoms with van der Waals surface area (Å²) in [5, 5.41) is 13.1. The molecule has 2 rings (SSSR count). The number of para-hydroxylation sites is 1. The van der Waals surface area contributed by atoms with Crippen molar-refractivity contribution in [3.8, 4) is 11.5 Å². The average Bonchev–Trinajstić information content (AvgIpc) is 2.39. The van der Waals surface area contributed by atoms with Gasteiger partial charge in [-0.05, 0) is 24.6 Å². The lowest BCUT2D eigenvalue weighted by Gasteiger charge is -2.10. The zero-order valence-corrected chi connectivity index (χ0v) is 10.5. The second kappa shape index (κ2) is 5.40. The molecule has 1 aromatic heterocycles. The van der Waals surface area contributed by atoms with E-state index in [1.807, 2.05) is 31.2 Å². The second-order valence-electron chi connectivity index (χ2n) is 4.04. The molecule has 0 saturated carbocycles. The molecule has 1 heterocycles. The molecule has 0 fully saturated rings. The Bertz CT molecular complexity index is 524. The molecule has 2 N–H and O–H groups in total. The third kappa shape index (κ3) is 2.71. The lowest BCUT2D eigenvalue weighted by Crippen LogP contribution is -2.02. The molecule has 4 nitrogen and oxygen atoms in total. The van der Waals surface area contributed by atoms with Crippen molar-refractivity contribution in [2.45, 2.75) is 13.5 Å². The summed E-state index contributed by atoms with van der Waals surface area (Å²) < 4.78 is 5.06. The molecule has 0 saturated heterocycles. The smallest absolute Gasteiger partial charge is 0.162 e. The number of nitrogens with one attached hydrogen (secondary N) is 1. The highest BCUT2D eigenvalue weighted by molar-refractivity contribution is 5.47. The number of ether oxygens (including phenoxy) is 1. The number of methoxy groups -OCH3 is 1. The Kier molecular flexibility index (Phi) is 3.67. The van der Waals surface area contributed by atoms with Crippen LogP contribution in [-0.4, -0.2) is 17.2 Å². The fourth-order valence-electron chi connectivity index (χ4n) is 1.63. The number of phenols is 1. The predicted octanol–water partition coefficient (Wildman–Crippen LogP) is 2.72. The maximum absolute atomic E-state index is 9.93. The molecule has 0 aliphatic carbocycles. The fourth-order valence-corrected chi connectivity index (χ4v) is 1.63. The Morgan fingerprint density at radius 3 is 2.78 bits per heavy atom. The van der Waals surface area contributed by atoms with Gasteiger partial charge in [0.15, 0.2) is 11.5 Å². The van der Waals surface area contributed by atoms with Crippen molar-refractivity contribution >= 4 is 5.82 Å². The molecule has 0 unspecified atom stereocenters. The number of aromatic nitrogens is 1. The third-order valence-corrected chi connectivity index (χ3v) is 2.67. The molecule has 1 aromatic carbocycles. The Morgan fingerprint density at radius 2 is 2.11 bits per heavy atom. The summed E-state index contributed by atoms with van der Waals surface area (Å²) >= 11 is 0. The van der Waals surface area contributed by atoms with Gasteiger partial charge < -0.3 is 15.2 Å². The van der Waals surface area contributed by atoms with Crippen LogP contribution in [0, 0.1) is 6.92 Å². The van der Waals surface area contributed by atoms with E-state index in [0.29, 0.717) is 12.3 Å². The number of rotatable bonds is 4. The van der Waals surface area contributed by atoms with Gasteiger partial charge in [-0.15, -0.1) is 0 Å². The first-order valence-electron chi connectivity index (χ1n) is 5.72. The van der Waals surface area contributed by atoms with Crippen molar-refractivity contribution < 1.29 is 9.84 Å². The van der Waals surface area contributed by atoms with Crippen LogP contribution in [0.15, 0.2) is 36.5 Å². The van der Waals surface area contributed by atoms with Crippen molar-refractivity contribution in [3.05, 3.63) is 47.7 Å². The van der Waals surface area contributed by atoms with Gasteiger partial charge in [0.1, 0.15) is 5.82 Å². The highest BCUT2D eigenvalue weighted by Gasteiger charge is 2.06. The van der Waals surface area contributed by atoms with E-state index in [0.717, 1.165) is 16.9 Å². The van der Waals surface area contributed by atoms with Gasteiger partial charge in [-0.1, -0.05) is 18.2 Å². The zero-order chi connectivity index (χ0) is 13.0. The van der Waals surface area contributed by atoms with Crippen LogP contribution >= 0.6 is 0 Å². The summed E-state index contributed by atoms with van der Waals surface area (Å²) in [6, 6.07) is 9.31. The molecule has 0 amide bonds. The predicted molar refractivity (Wildman–Crippen MR) is 71.0 cm³/mol. The Balaban J connectivity index is 2.08. The van der Waals surface area contributed by atoms with Gasteiger partial charge in [0.2, 0.25) is 0 Å². The van der Waals surface area contributed by atoms with Crippen LogP contribution in [0.1, 0.15) is 11.1 Å². The van der Waals surface area contributed by atoms with Gasteiger partial charge >= 0.3 is 0 Å². The number of nitrogens with zero attached hydrogens (tertiary/aromatic N) is 1. The highest BCUT2D eigenvalue weighted by Crippen LogP contribution is 2.29. The third-order valence-electron chi connectivity index (χ3n) is 2.67. The minimum Gasteiger partial charge on any atom is -0.504 e. The molecule has 2 aromatic rings. The van der Waals surface area contributed by atoms with Crippen molar-refractivity contribution in [2.24, 2.45) is 0 Å². The summed E-state index contributed by atoms with van der Waals surface area (Å²) in [5.41, 5.74) is 1.89. The van der Waals surface area contributed by atoms with Crippen molar-refractivity contribution in [1.82, 2.24) is 4.98 Å². The van der Waals surface area contributed by atoms with Crippen LogP contribution in [0.2, 0.25) is 0 Å². The molecule has 0 bridgehead atoms. The number of pyridine rings is 1. The Hall–Kier alpha value is -2.23. The molecule has 0 aliphatic rings. The number of aryl methyl sites for hydroxylation is 1. The van der Waals surface area contributed by atoms with Gasteiger partial charge in [0.05, 0.1) is 7.11 Å². The summed E-state index contributed by atoms with van der Waals surface area (Å²) in [6.45, 7) is 2.49. The molecule has 0 radical (unpaired) electrons. The van der Waals surface area contributed by atoms with E-state index >= 15 is 0 Å². The van der Waals surface area contributed by atoms with Gasteiger partial charge in [-0.25, -0.2) is 4.98 Å². The van der Waals surface area contributed by atoms with E-state index in [1.165, 1.54) is 7.11 Å². The molecule has 0 spiro atoms. The van der Waals surface area contributed by atoms with E-state index in [-0.39, 0.29) is 5.75 Å². The molecular weight excluding hydrogens is 228 g/mol. The summed E-state index contributed by atoms with van der Waals surface area (Å²) in [5.74, 6) is 1.42. The number of aromatic hydroxyl groups is 1. The van der Waals surface area contributed by atoms with Crippen LogP contribution in [-0.2, 0) is 6.54 Å². The number of anilines is 1. The van der Waals surface area contributed by atoms with Crippen LogP contribution < -0.4 is 10.1 Å². The number of hydrogen-bond acceptors (Lipinski definition) is 4. The van der Waals surface area contributed by atoms with Crippen LogP contribution in [0.4, 0.5) is 5.82 Å². The first kappa shape index (κ1) is 12.2. The summed E-state index contributed by atoms with van der Waals surface area (Å²) in [6.07, 6.45) is 1.80. The second-order valence-corrected chi connectivity index (χ2v) is 4.04. The first-order chi connectivity index (χ1) is 8.70. The fraction of sp³-hybridized carbons (Fsp3) is 0.214. The largest absolute Gasteiger partial charge is 0.504 e. The van der Waals surface area contributed by atoms with E-state index in [4.69, 9.17) is 4.74 Å². The molecule has 94 valence electrons. The van der Waals surface area contributed by atoms with Gasteiger partial charge in [-0.2, -0.15) is 0 Å². The Morgan fingerprint density at radius 1 is 1.28 bits per heavy atom. The monoisotopic (exact) mass is 244 g/mol. The number of phenolic OH excluding ortho intramolecular Hbond substituents is 1. The van der Waals surface area contributed by atoms with Crippen molar-refractivity contribution in [2.75, 3.05) is 12.4 Å². The first-order valence-corrected chi connectivity index (χ1v) is 5.72. The van der Waals surface area contributed by atoms with Crippen LogP contribution in [0.3, 0.4) is 0 Å². The molecule has 4 heteroatoms. The molecule has 18 heavy (non-hydrogen) atoms. The molecule has 0 aliphatic heterocycles. The highest BCUT2D eigenvalue weighted by atomic mass is 16.5. The van der Waals surface area contributed by atoms with E-state index in [1.54, 1.807) is 12.3 Å². The standard InChI is InChI=1S/C14H16N2O2/c1-10-6-7-13(15-8-10)16-9-11-4-3-5-12(18-2)14(11)17/h3-8,17H,9H2,1-2H3,(H,15,16). The van der Waals surface area contributed by atoms with Crippen LogP contribution in [0.25, 0.3) is 0 Å². The average molecular weight is 244 g/mol. The number of hydrogen-bond donors (Lipinski definition) is 2. The van der Waals surface area contributed by atoms with E-state index in [9.17, 15) is 5.11 Å². The normalized spacial score (nSPS) is 10.1. The Labute approximate surface area is 106 Å². The van der Waals surface area contributed by atoms with Gasteiger partial charge in [0, 0.05) is 18.3 Å². The summed E-state index contributed by atoms with van der Waals surface area (Å²) in [4.78, 5) is 4.24. The number of benzene rings is 1. The van der Waals surface area contributed by atoms with Gasteiger partial charge in [-0.3, -0.25) is 0 Å². The zero-order valence-electron chi connectivity index (χ0n) is 10.5. The quantitative estimate of drug-likeness (QED) is 0.868. The topological polar surface area (TPSA) is 54.4 Å². The lowest BCUT2D eigenvalue weighted by molar-refractivity contribution is 0.371. The molecule has 0 atom stereocenters. The maximum atomic E-state index is 9.93. The van der Waals surface area contributed by atoms with Crippen molar-refractivity contribution in [1.29, 1.82) is 0 Å². The molecular formula is C14H16N2O2.